The molecule has 138 valence electrons. The number of amides is 3. The molecule has 1 aromatic carbocycles. The van der Waals surface area contributed by atoms with Gasteiger partial charge in [0, 0.05) is 5.54 Å². The molecular formula is C18H26N2O5. The lowest BCUT2D eigenvalue weighted by molar-refractivity contribution is -0.127. The van der Waals surface area contributed by atoms with Crippen molar-refractivity contribution in [1.82, 2.24) is 10.6 Å². The lowest BCUT2D eigenvalue weighted by Crippen LogP contribution is -2.50. The van der Waals surface area contributed by atoms with E-state index < -0.39 is 29.6 Å². The number of rotatable bonds is 6. The Labute approximate surface area is 148 Å². The lowest BCUT2D eigenvalue weighted by Gasteiger charge is -2.21. The Morgan fingerprint density at radius 3 is 2.24 bits per heavy atom. The monoisotopic (exact) mass is 350 g/mol. The minimum absolute atomic E-state index is 0.294. The Morgan fingerprint density at radius 1 is 1.12 bits per heavy atom. The van der Waals surface area contributed by atoms with Crippen LogP contribution in [0.5, 0.6) is 5.75 Å². The van der Waals surface area contributed by atoms with Crippen LogP contribution in [0.3, 0.4) is 0 Å². The van der Waals surface area contributed by atoms with E-state index in [9.17, 15) is 14.4 Å². The van der Waals surface area contributed by atoms with Crippen LogP contribution in [0.15, 0.2) is 24.3 Å². The highest BCUT2D eigenvalue weighted by Crippen LogP contribution is 2.14. The Kier molecular flexibility index (Phi) is 7.42. The van der Waals surface area contributed by atoms with Crippen molar-refractivity contribution in [3.05, 3.63) is 29.8 Å². The van der Waals surface area contributed by atoms with Gasteiger partial charge in [0.1, 0.15) is 5.75 Å². The zero-order valence-electron chi connectivity index (χ0n) is 15.3. The number of esters is 1. The standard InChI is InChI=1S/C18H26N2O5/c1-6-11-24-14-9-7-13(8-10-14)16(22)25-12(2)15(21)19-17(23)20-18(3,4)5/h7-10,12H,6,11H2,1-5H3,(H2,19,20,21,23)/t12-/m0/s1. The second kappa shape index (κ2) is 9.05. The first-order valence-corrected chi connectivity index (χ1v) is 8.19. The molecule has 0 fully saturated rings. The first kappa shape index (κ1) is 20.5. The second-order valence-corrected chi connectivity index (χ2v) is 6.61. The minimum Gasteiger partial charge on any atom is -0.494 e. The summed E-state index contributed by atoms with van der Waals surface area (Å²) in [7, 11) is 0. The summed E-state index contributed by atoms with van der Waals surface area (Å²) >= 11 is 0. The van der Waals surface area contributed by atoms with Crippen LogP contribution in [0.1, 0.15) is 51.4 Å². The fourth-order valence-electron chi connectivity index (χ4n) is 1.77. The number of hydrogen-bond acceptors (Lipinski definition) is 5. The van der Waals surface area contributed by atoms with Crippen LogP contribution in [-0.4, -0.2) is 36.2 Å². The molecule has 1 aromatic rings. The molecule has 0 aromatic heterocycles. The van der Waals surface area contributed by atoms with Gasteiger partial charge in [0.25, 0.3) is 5.91 Å². The Balaban J connectivity index is 2.55. The molecule has 0 saturated carbocycles. The van der Waals surface area contributed by atoms with Gasteiger partial charge in [-0.05, 0) is 58.4 Å². The third kappa shape index (κ3) is 7.69. The van der Waals surface area contributed by atoms with E-state index in [1.165, 1.54) is 6.92 Å². The minimum atomic E-state index is -1.10. The van der Waals surface area contributed by atoms with E-state index in [0.29, 0.717) is 17.9 Å². The molecule has 1 rings (SSSR count). The summed E-state index contributed by atoms with van der Waals surface area (Å²) in [5.41, 5.74) is -0.186. The largest absolute Gasteiger partial charge is 0.494 e. The van der Waals surface area contributed by atoms with E-state index in [2.05, 4.69) is 10.6 Å². The van der Waals surface area contributed by atoms with Gasteiger partial charge in [-0.3, -0.25) is 10.1 Å². The van der Waals surface area contributed by atoms with Gasteiger partial charge in [-0.2, -0.15) is 0 Å². The summed E-state index contributed by atoms with van der Waals surface area (Å²) in [6.45, 7) is 9.35. The quantitative estimate of drug-likeness (QED) is 0.769. The molecule has 0 radical (unpaired) electrons. The smallest absolute Gasteiger partial charge is 0.338 e. The number of carbonyl (C=O) groups excluding carboxylic acids is 3. The van der Waals surface area contributed by atoms with Gasteiger partial charge in [0.05, 0.1) is 12.2 Å². The topological polar surface area (TPSA) is 93.7 Å². The molecule has 0 saturated heterocycles. The molecule has 3 amide bonds. The van der Waals surface area contributed by atoms with E-state index in [-0.39, 0.29) is 0 Å². The van der Waals surface area contributed by atoms with Crippen LogP contribution >= 0.6 is 0 Å². The third-order valence-corrected chi connectivity index (χ3v) is 2.94. The summed E-state index contributed by atoms with van der Waals surface area (Å²) in [4.78, 5) is 35.6. The molecular weight excluding hydrogens is 324 g/mol. The number of imide groups is 1. The number of urea groups is 1. The molecule has 0 unspecified atom stereocenters. The van der Waals surface area contributed by atoms with Gasteiger partial charge in [-0.15, -0.1) is 0 Å². The third-order valence-electron chi connectivity index (χ3n) is 2.94. The Hall–Kier alpha value is -2.57. The van der Waals surface area contributed by atoms with Gasteiger partial charge >= 0.3 is 12.0 Å². The van der Waals surface area contributed by atoms with Gasteiger partial charge < -0.3 is 14.8 Å². The molecule has 0 heterocycles. The summed E-state index contributed by atoms with van der Waals surface area (Å²) in [5.74, 6) is -0.693. The average Bonchev–Trinajstić information content (AvgIpc) is 2.51. The van der Waals surface area contributed by atoms with Crippen LogP contribution in [0.25, 0.3) is 0 Å². The van der Waals surface area contributed by atoms with Gasteiger partial charge in [0.15, 0.2) is 6.10 Å². The first-order valence-electron chi connectivity index (χ1n) is 8.19. The Bertz CT molecular complexity index is 605. The lowest BCUT2D eigenvalue weighted by atomic mass is 10.1. The summed E-state index contributed by atoms with van der Waals surface area (Å²) < 4.78 is 10.5. The molecule has 0 aliphatic heterocycles. The molecule has 25 heavy (non-hydrogen) atoms. The molecule has 0 aliphatic rings. The van der Waals surface area contributed by atoms with Crippen LogP contribution in [0, 0.1) is 0 Å². The van der Waals surface area contributed by atoms with Gasteiger partial charge in [-0.25, -0.2) is 9.59 Å². The average molecular weight is 350 g/mol. The van der Waals surface area contributed by atoms with Crippen molar-refractivity contribution >= 4 is 17.9 Å². The predicted octanol–water partition coefficient (Wildman–Crippen LogP) is 2.65. The van der Waals surface area contributed by atoms with E-state index in [4.69, 9.17) is 9.47 Å². The van der Waals surface area contributed by atoms with E-state index in [1.54, 1.807) is 45.0 Å². The van der Waals surface area contributed by atoms with Crippen LogP contribution in [0.4, 0.5) is 4.79 Å². The van der Waals surface area contributed by atoms with Crippen molar-refractivity contribution in [2.24, 2.45) is 0 Å². The number of ether oxygens (including phenoxy) is 2. The van der Waals surface area contributed by atoms with E-state index >= 15 is 0 Å². The highest BCUT2D eigenvalue weighted by molar-refractivity contribution is 5.98. The molecule has 2 N–H and O–H groups in total. The van der Waals surface area contributed by atoms with Crippen LogP contribution in [0.2, 0.25) is 0 Å². The number of benzene rings is 1. The van der Waals surface area contributed by atoms with Crippen LogP contribution in [-0.2, 0) is 9.53 Å². The van der Waals surface area contributed by atoms with Crippen molar-refractivity contribution in [3.63, 3.8) is 0 Å². The number of carbonyl (C=O) groups is 3. The highest BCUT2D eigenvalue weighted by atomic mass is 16.5. The van der Waals surface area contributed by atoms with Crippen molar-refractivity contribution in [2.45, 2.75) is 52.7 Å². The Morgan fingerprint density at radius 2 is 1.72 bits per heavy atom. The normalized spacial score (nSPS) is 12.0. The zero-order valence-corrected chi connectivity index (χ0v) is 15.3. The van der Waals surface area contributed by atoms with E-state index in [0.717, 1.165) is 6.42 Å². The van der Waals surface area contributed by atoms with Crippen molar-refractivity contribution in [3.8, 4) is 5.75 Å². The summed E-state index contributed by atoms with van der Waals surface area (Å²) in [6, 6.07) is 5.80. The molecule has 0 aliphatic carbocycles. The highest BCUT2D eigenvalue weighted by Gasteiger charge is 2.22. The second-order valence-electron chi connectivity index (χ2n) is 6.61. The zero-order chi connectivity index (χ0) is 19.0. The van der Waals surface area contributed by atoms with Crippen LogP contribution < -0.4 is 15.4 Å². The molecule has 7 nitrogen and oxygen atoms in total. The number of nitrogens with one attached hydrogen (secondary N) is 2. The molecule has 7 heteroatoms. The van der Waals surface area contributed by atoms with Crippen molar-refractivity contribution in [1.29, 1.82) is 0 Å². The van der Waals surface area contributed by atoms with Crippen molar-refractivity contribution < 1.29 is 23.9 Å². The van der Waals surface area contributed by atoms with Gasteiger partial charge in [0.2, 0.25) is 0 Å². The molecule has 0 spiro atoms. The molecule has 0 bridgehead atoms. The SMILES string of the molecule is CCCOc1ccc(C(=O)O[C@@H](C)C(=O)NC(=O)NC(C)(C)C)cc1. The van der Waals surface area contributed by atoms with Crippen molar-refractivity contribution in [2.75, 3.05) is 6.61 Å². The molecule has 1 atom stereocenters. The summed E-state index contributed by atoms with van der Waals surface area (Å²) in [5, 5.41) is 4.73. The summed E-state index contributed by atoms with van der Waals surface area (Å²) in [6.07, 6.45) is -0.214. The van der Waals surface area contributed by atoms with Gasteiger partial charge in [-0.1, -0.05) is 6.92 Å². The number of hydrogen-bond donors (Lipinski definition) is 2. The fraction of sp³-hybridized carbons (Fsp3) is 0.500. The fourth-order valence-corrected chi connectivity index (χ4v) is 1.77. The predicted molar refractivity (Wildman–Crippen MR) is 93.5 cm³/mol. The maximum absolute atomic E-state index is 12.1. The van der Waals surface area contributed by atoms with E-state index in [1.807, 2.05) is 6.92 Å². The first-order chi connectivity index (χ1) is 11.6. The maximum atomic E-state index is 12.1. The maximum Gasteiger partial charge on any atom is 0.338 e.